The molecule has 0 aliphatic heterocycles. The average molecular weight is 1080 g/mol. The minimum absolute atomic E-state index is 0.0307. The fourth-order valence-electron chi connectivity index (χ4n) is 7.07. The third kappa shape index (κ3) is 13.9. The summed E-state index contributed by atoms with van der Waals surface area (Å²) in [5, 5.41) is 0. The van der Waals surface area contributed by atoms with E-state index in [2.05, 4.69) is 0 Å². The van der Waals surface area contributed by atoms with Crippen LogP contribution in [0.5, 0.6) is 0 Å². The number of ketones is 1. The predicted octanol–water partition coefficient (Wildman–Crippen LogP) is 13.6. The van der Waals surface area contributed by atoms with E-state index in [0.29, 0.717) is 5.56 Å². The number of rotatable bonds is 9. The third-order valence-electron chi connectivity index (χ3n) is 10.2. The number of hydrogen-bond acceptors (Lipinski definition) is 1. The molecule has 5 aromatic rings. The lowest BCUT2D eigenvalue weighted by atomic mass is 9.12. The molecule has 0 heterocycles. The Kier molecular flexibility index (Phi) is 16.4. The van der Waals surface area contributed by atoms with Gasteiger partial charge in [0.25, 0.3) is 0 Å². The number of alkyl halides is 26. The van der Waals surface area contributed by atoms with Gasteiger partial charge < -0.3 is 0 Å². The molecular weight excluding hydrogens is 1060 g/mol. The number of carbonyl (C=O) groups excluding carboxylic acids is 1. The summed E-state index contributed by atoms with van der Waals surface area (Å²) in [7, 11) is -1.05. The lowest BCUT2D eigenvalue weighted by Crippen LogP contribution is -2.75. The van der Waals surface area contributed by atoms with Crippen LogP contribution in [-0.2, 0) is 60.3 Å². The van der Waals surface area contributed by atoms with Gasteiger partial charge in [-0.25, -0.2) is 0 Å². The predicted molar refractivity (Wildman–Crippen MR) is 205 cm³/mol. The first-order valence-corrected chi connectivity index (χ1v) is 20.5. The second-order valence-corrected chi connectivity index (χ2v) is 16.9. The van der Waals surface area contributed by atoms with E-state index in [1.54, 1.807) is 30.3 Å². The lowest BCUT2D eigenvalue weighted by Gasteiger charge is -2.46. The van der Waals surface area contributed by atoms with Gasteiger partial charge in [0.05, 0.1) is 55.4 Å². The van der Waals surface area contributed by atoms with Crippen molar-refractivity contribution in [3.63, 3.8) is 0 Å². The van der Waals surface area contributed by atoms with E-state index in [4.69, 9.17) is 0 Å². The normalized spacial score (nSPS) is 13.6. The molecule has 0 amide bonds. The van der Waals surface area contributed by atoms with Gasteiger partial charge in [-0.05, 0) is 24.3 Å². The van der Waals surface area contributed by atoms with Crippen molar-refractivity contribution >= 4 is 44.7 Å². The SMILES string of the molecule is FC(F)(F)c1cc([B-](c2cc(C(F)(F)F)cc(C(F)(F)F)c2)(c2cc(C(F)(F)F)cc(C(F)(F)F)c2)c2cc(C(F)(F)F)cc(C(F)(F)F)c2)cc(C(F)(F)F)c1.O=C(C[S+](CF)CF)c1ccccc1. The van der Waals surface area contributed by atoms with E-state index in [1.807, 2.05) is 0 Å². The molecule has 0 unspecified atom stereocenters. The van der Waals surface area contributed by atoms with Crippen molar-refractivity contribution in [2.45, 2.75) is 49.4 Å². The van der Waals surface area contributed by atoms with Crippen LogP contribution >= 0.6 is 0 Å². The summed E-state index contributed by atoms with van der Waals surface area (Å²) >= 11 is 0. The minimum Gasteiger partial charge on any atom is -0.289 e. The molecule has 0 spiro atoms. The number of halogens is 26. The van der Waals surface area contributed by atoms with Gasteiger partial charge in [0.2, 0.25) is 17.8 Å². The first-order valence-electron chi connectivity index (χ1n) is 18.7. The first kappa shape index (κ1) is 57.9. The van der Waals surface area contributed by atoms with Crippen molar-refractivity contribution in [1.82, 2.24) is 0 Å². The molecule has 0 atom stereocenters. The maximum atomic E-state index is 14.2. The monoisotopic (exact) mass is 1080 g/mol. The molecule has 1 nitrogen and oxygen atoms in total. The second kappa shape index (κ2) is 20.1. The number of carbonyl (C=O) groups is 1. The third-order valence-corrected chi connectivity index (χ3v) is 11.5. The van der Waals surface area contributed by atoms with E-state index in [-0.39, 0.29) is 11.5 Å². The summed E-state index contributed by atoms with van der Waals surface area (Å²) in [6, 6.07) is -1.76. The van der Waals surface area contributed by atoms with Crippen LogP contribution in [0.2, 0.25) is 0 Å². The topological polar surface area (TPSA) is 17.1 Å². The van der Waals surface area contributed by atoms with Gasteiger partial charge >= 0.3 is 49.4 Å². The van der Waals surface area contributed by atoms with Gasteiger partial charge in [-0.2, -0.15) is 136 Å². The van der Waals surface area contributed by atoms with Crippen molar-refractivity contribution < 1.29 is 119 Å². The molecule has 5 rings (SSSR count). The Balaban J connectivity index is 0.000000671. The van der Waals surface area contributed by atoms with Gasteiger partial charge in [-0.15, -0.1) is 0 Å². The maximum absolute atomic E-state index is 14.2. The van der Waals surface area contributed by atoms with Crippen LogP contribution in [-0.4, -0.2) is 29.7 Å². The van der Waals surface area contributed by atoms with Crippen LogP contribution in [0, 0.1) is 0 Å². The summed E-state index contributed by atoms with van der Waals surface area (Å²) in [6.07, 6.45) is -54.8. The zero-order valence-electron chi connectivity index (χ0n) is 34.2. The summed E-state index contributed by atoms with van der Waals surface area (Å²) in [5.41, 5.74) is -29.7. The van der Waals surface area contributed by atoms with Crippen LogP contribution in [0.25, 0.3) is 0 Å². The first-order chi connectivity index (χ1) is 32.0. The highest BCUT2D eigenvalue weighted by atomic mass is 32.2. The molecule has 0 fully saturated rings. The van der Waals surface area contributed by atoms with Crippen LogP contribution in [0.1, 0.15) is 54.9 Å². The Hall–Kier alpha value is -5.64. The highest BCUT2D eigenvalue weighted by molar-refractivity contribution is 7.97. The highest BCUT2D eigenvalue weighted by Gasteiger charge is 2.47. The lowest BCUT2D eigenvalue weighted by molar-refractivity contribution is -0.144. The zero-order chi connectivity index (χ0) is 54.3. The van der Waals surface area contributed by atoms with Crippen molar-refractivity contribution in [2.75, 3.05) is 17.8 Å². The van der Waals surface area contributed by atoms with E-state index in [0.717, 1.165) is 0 Å². The van der Waals surface area contributed by atoms with Gasteiger partial charge in [0.1, 0.15) is 6.15 Å². The standard InChI is InChI=1S/C32H12BF24.C10H11F2OS/c34-25(35,36)13-1-14(26(37,38)39)6-21(5-13)33(22-7-15(27(40,41)42)2-16(8-22)28(43,44)45,23-9-17(29(46,47)48)3-18(10-23)30(49,50)51)24-11-19(31(52,53)54)4-20(12-24)32(55,56)57;11-7-14(8-12)6-10(13)9-4-2-1-3-5-9/h1-12H;1-5H,6-8H2/q-1;+1. The molecule has 0 bridgehead atoms. The molecule has 29 heteroatoms. The molecule has 71 heavy (non-hydrogen) atoms. The number of hydrogen-bond donors (Lipinski definition) is 0. The number of Topliss-reactive ketones (excluding diaryl/α,β-unsaturated/α-hetero) is 1. The molecule has 388 valence electrons. The molecule has 0 radical (unpaired) electrons. The molecule has 0 N–H and O–H groups in total. The summed E-state index contributed by atoms with van der Waals surface area (Å²) in [4.78, 5) is 11.4. The maximum Gasteiger partial charge on any atom is 0.416 e. The van der Waals surface area contributed by atoms with Crippen LogP contribution < -0.4 is 21.9 Å². The Morgan fingerprint density at radius 1 is 0.338 bits per heavy atom. The van der Waals surface area contributed by atoms with Gasteiger partial charge in [0.15, 0.2) is 5.75 Å². The molecule has 0 aromatic heterocycles. The fraction of sp³-hybridized carbons (Fsp3) is 0.262. The van der Waals surface area contributed by atoms with Crippen LogP contribution in [0.3, 0.4) is 0 Å². The average Bonchev–Trinajstić information content (AvgIpc) is 3.23. The Morgan fingerprint density at radius 3 is 0.704 bits per heavy atom. The summed E-state index contributed by atoms with van der Waals surface area (Å²) < 4.78 is 365. The van der Waals surface area contributed by atoms with E-state index in [1.165, 1.54) is 0 Å². The second-order valence-electron chi connectivity index (χ2n) is 15.0. The van der Waals surface area contributed by atoms with E-state index in [9.17, 15) is 119 Å². The van der Waals surface area contributed by atoms with E-state index >= 15 is 0 Å². The van der Waals surface area contributed by atoms with Gasteiger partial charge in [-0.1, -0.05) is 78.9 Å². The molecule has 0 aliphatic rings. The highest BCUT2D eigenvalue weighted by Crippen LogP contribution is 2.41. The van der Waals surface area contributed by atoms with Crippen molar-refractivity contribution in [3.8, 4) is 0 Å². The Bertz CT molecular complexity index is 2230. The van der Waals surface area contributed by atoms with Gasteiger partial charge in [0, 0.05) is 5.56 Å². The van der Waals surface area contributed by atoms with Gasteiger partial charge in [-0.3, -0.25) is 4.79 Å². The number of benzene rings is 5. The Morgan fingerprint density at radius 2 is 0.535 bits per heavy atom. The molecule has 0 aliphatic carbocycles. The van der Waals surface area contributed by atoms with Crippen molar-refractivity contribution in [1.29, 1.82) is 0 Å². The molecule has 0 saturated carbocycles. The molecular formula is C42H23BF26OS. The minimum atomic E-state index is -6.13. The van der Waals surface area contributed by atoms with E-state index < -0.39 is 218 Å². The Labute approximate surface area is 383 Å². The van der Waals surface area contributed by atoms with Crippen molar-refractivity contribution in [3.05, 3.63) is 153 Å². The summed E-state index contributed by atoms with van der Waals surface area (Å²) in [5.74, 6) is -0.221. The largest absolute Gasteiger partial charge is 0.416 e. The van der Waals surface area contributed by atoms with Crippen molar-refractivity contribution in [2.24, 2.45) is 0 Å². The smallest absolute Gasteiger partial charge is 0.289 e. The van der Waals surface area contributed by atoms with Crippen LogP contribution in [0.15, 0.2) is 103 Å². The fourth-order valence-corrected chi connectivity index (χ4v) is 7.82. The molecule has 0 saturated heterocycles. The quantitative estimate of drug-likeness (QED) is 0.0622. The summed E-state index contributed by atoms with van der Waals surface area (Å²) in [6.45, 7) is 0. The zero-order valence-corrected chi connectivity index (χ0v) is 35.0. The molecule has 5 aromatic carbocycles. The van der Waals surface area contributed by atoms with Crippen LogP contribution in [0.4, 0.5) is 114 Å².